The molecule has 0 radical (unpaired) electrons. The fraction of sp³-hybridized carbons (Fsp3) is 0.167. The van der Waals surface area contributed by atoms with Crippen LogP contribution in [0.2, 0.25) is 5.02 Å². The van der Waals surface area contributed by atoms with Crippen molar-refractivity contribution in [1.82, 2.24) is 0 Å². The maximum Gasteiger partial charge on any atom is 0.127 e. The van der Waals surface area contributed by atoms with Crippen molar-refractivity contribution in [3.63, 3.8) is 0 Å². The predicted molar refractivity (Wildman–Crippen MR) is 66.4 cm³/mol. The lowest BCUT2D eigenvalue weighted by Crippen LogP contribution is -2.13. The van der Waals surface area contributed by atoms with Crippen molar-refractivity contribution in [1.29, 1.82) is 0 Å². The monoisotopic (exact) mass is 255 g/mol. The lowest BCUT2D eigenvalue weighted by atomic mass is 10.0. The van der Waals surface area contributed by atoms with Crippen LogP contribution in [0, 0.1) is 5.82 Å². The van der Waals surface area contributed by atoms with E-state index in [9.17, 15) is 4.39 Å². The molecule has 1 heterocycles. The quantitative estimate of drug-likeness (QED) is 0.887. The highest BCUT2D eigenvalue weighted by Crippen LogP contribution is 2.26. The van der Waals surface area contributed by atoms with Crippen molar-refractivity contribution in [2.45, 2.75) is 12.5 Å². The van der Waals surface area contributed by atoms with Gasteiger partial charge in [0.05, 0.1) is 0 Å². The molecule has 0 aliphatic heterocycles. The summed E-state index contributed by atoms with van der Waals surface area (Å²) in [5, 5.41) is 2.39. The van der Waals surface area contributed by atoms with Crippen LogP contribution in [0.5, 0.6) is 0 Å². The predicted octanol–water partition coefficient (Wildman–Crippen LogP) is 3.78. The van der Waals surface area contributed by atoms with Crippen molar-refractivity contribution < 1.29 is 4.39 Å². The Bertz CT molecular complexity index is 450. The third-order valence-corrected chi connectivity index (χ3v) is 3.75. The van der Waals surface area contributed by atoms with Crippen molar-refractivity contribution in [3.05, 3.63) is 57.0 Å². The highest BCUT2D eigenvalue weighted by atomic mass is 35.5. The van der Waals surface area contributed by atoms with Gasteiger partial charge in [0.1, 0.15) is 5.82 Å². The average molecular weight is 256 g/mol. The molecule has 0 aliphatic rings. The zero-order valence-corrected chi connectivity index (χ0v) is 10.1. The first-order valence-corrected chi connectivity index (χ1v) is 6.16. The Hall–Kier alpha value is -0.900. The molecule has 4 heteroatoms. The summed E-state index contributed by atoms with van der Waals surface area (Å²) in [5.41, 5.74) is 6.49. The molecule has 0 amide bonds. The van der Waals surface area contributed by atoms with Gasteiger partial charge in [-0.2, -0.15) is 0 Å². The van der Waals surface area contributed by atoms with E-state index < -0.39 is 0 Å². The topological polar surface area (TPSA) is 26.0 Å². The van der Waals surface area contributed by atoms with E-state index in [0.717, 1.165) is 4.88 Å². The Kier molecular flexibility index (Phi) is 3.59. The van der Waals surface area contributed by atoms with Gasteiger partial charge in [-0.1, -0.05) is 23.7 Å². The molecule has 1 atom stereocenters. The second-order valence-corrected chi connectivity index (χ2v) is 4.91. The highest BCUT2D eigenvalue weighted by molar-refractivity contribution is 7.10. The van der Waals surface area contributed by atoms with Crippen LogP contribution in [0.4, 0.5) is 4.39 Å². The van der Waals surface area contributed by atoms with E-state index >= 15 is 0 Å². The number of thiophene rings is 1. The van der Waals surface area contributed by atoms with Crippen LogP contribution in [-0.4, -0.2) is 0 Å². The van der Waals surface area contributed by atoms with Gasteiger partial charge in [0.2, 0.25) is 0 Å². The first kappa shape index (κ1) is 11.6. The normalized spacial score (nSPS) is 12.7. The minimum Gasteiger partial charge on any atom is -0.323 e. The van der Waals surface area contributed by atoms with Gasteiger partial charge in [-0.3, -0.25) is 0 Å². The van der Waals surface area contributed by atoms with Crippen LogP contribution >= 0.6 is 22.9 Å². The molecule has 2 N–H and O–H groups in total. The molecule has 0 aliphatic carbocycles. The van der Waals surface area contributed by atoms with Crippen LogP contribution in [0.15, 0.2) is 35.7 Å². The molecule has 0 saturated heterocycles. The summed E-state index contributed by atoms with van der Waals surface area (Å²) in [5.74, 6) is -0.292. The molecule has 1 unspecified atom stereocenters. The first-order chi connectivity index (χ1) is 7.68. The van der Waals surface area contributed by atoms with Gasteiger partial charge in [-0.15, -0.1) is 11.3 Å². The fourth-order valence-electron chi connectivity index (χ4n) is 1.55. The van der Waals surface area contributed by atoms with E-state index in [1.54, 1.807) is 23.5 Å². The van der Waals surface area contributed by atoms with Gasteiger partial charge < -0.3 is 5.73 Å². The highest BCUT2D eigenvalue weighted by Gasteiger charge is 2.13. The second-order valence-electron chi connectivity index (χ2n) is 3.53. The van der Waals surface area contributed by atoms with Gasteiger partial charge in [-0.05, 0) is 30.0 Å². The van der Waals surface area contributed by atoms with Crippen LogP contribution in [-0.2, 0) is 6.42 Å². The van der Waals surface area contributed by atoms with Gasteiger partial charge in [0.25, 0.3) is 0 Å². The maximum atomic E-state index is 13.5. The smallest absolute Gasteiger partial charge is 0.127 e. The Morgan fingerprint density at radius 3 is 2.75 bits per heavy atom. The maximum absolute atomic E-state index is 13.5. The van der Waals surface area contributed by atoms with Crippen molar-refractivity contribution in [2.24, 2.45) is 5.73 Å². The van der Waals surface area contributed by atoms with Crippen molar-refractivity contribution in [2.75, 3.05) is 0 Å². The standard InChI is InChI=1S/C12H11ClFNS/c13-9-3-1-4-10(14)8(9)7-11(15)12-5-2-6-16-12/h1-6,11H,7,15H2. The van der Waals surface area contributed by atoms with E-state index in [1.165, 1.54) is 6.07 Å². The molecule has 1 nitrogen and oxygen atoms in total. The van der Waals surface area contributed by atoms with Crippen LogP contribution in [0.25, 0.3) is 0 Å². The zero-order chi connectivity index (χ0) is 11.5. The number of hydrogen-bond donors (Lipinski definition) is 1. The van der Waals surface area contributed by atoms with Gasteiger partial charge in [0, 0.05) is 21.5 Å². The summed E-state index contributed by atoms with van der Waals surface area (Å²) in [6.45, 7) is 0. The molecule has 0 spiro atoms. The average Bonchev–Trinajstić information content (AvgIpc) is 2.76. The molecule has 0 fully saturated rings. The third kappa shape index (κ3) is 2.43. The van der Waals surface area contributed by atoms with Crippen molar-refractivity contribution >= 4 is 22.9 Å². The van der Waals surface area contributed by atoms with E-state index in [0.29, 0.717) is 17.0 Å². The van der Waals surface area contributed by atoms with Crippen molar-refractivity contribution in [3.8, 4) is 0 Å². The minimum atomic E-state index is -0.292. The molecule has 2 rings (SSSR count). The molecular formula is C12H11ClFNS. The molecule has 2 aromatic rings. The molecular weight excluding hydrogens is 245 g/mol. The minimum absolute atomic E-state index is 0.200. The lowest BCUT2D eigenvalue weighted by Gasteiger charge is -2.11. The molecule has 1 aromatic carbocycles. The van der Waals surface area contributed by atoms with Gasteiger partial charge >= 0.3 is 0 Å². The Morgan fingerprint density at radius 2 is 2.12 bits per heavy atom. The van der Waals surface area contributed by atoms with Gasteiger partial charge in [0.15, 0.2) is 0 Å². The van der Waals surface area contributed by atoms with Crippen LogP contribution < -0.4 is 5.73 Å². The number of halogens is 2. The number of rotatable bonds is 3. The van der Waals surface area contributed by atoms with E-state index in [4.69, 9.17) is 17.3 Å². The Balaban J connectivity index is 2.21. The molecule has 1 aromatic heterocycles. The molecule has 0 saturated carbocycles. The summed E-state index contributed by atoms with van der Waals surface area (Å²) in [4.78, 5) is 1.04. The summed E-state index contributed by atoms with van der Waals surface area (Å²) in [6.07, 6.45) is 0.423. The van der Waals surface area contributed by atoms with Crippen LogP contribution in [0.1, 0.15) is 16.5 Å². The lowest BCUT2D eigenvalue weighted by molar-refractivity contribution is 0.595. The van der Waals surface area contributed by atoms with Gasteiger partial charge in [-0.25, -0.2) is 4.39 Å². The van der Waals surface area contributed by atoms with E-state index in [2.05, 4.69) is 0 Å². The van der Waals surface area contributed by atoms with Crippen LogP contribution in [0.3, 0.4) is 0 Å². The first-order valence-electron chi connectivity index (χ1n) is 4.90. The Labute approximate surface area is 103 Å². The fourth-order valence-corrected chi connectivity index (χ4v) is 2.52. The van der Waals surface area contributed by atoms with E-state index in [1.807, 2.05) is 17.5 Å². The molecule has 16 heavy (non-hydrogen) atoms. The molecule has 0 bridgehead atoms. The van der Waals surface area contributed by atoms with E-state index in [-0.39, 0.29) is 11.9 Å². The largest absolute Gasteiger partial charge is 0.323 e. The number of benzene rings is 1. The molecule has 84 valence electrons. The SMILES string of the molecule is NC(Cc1c(F)cccc1Cl)c1cccs1. The summed E-state index contributed by atoms with van der Waals surface area (Å²) >= 11 is 7.51. The summed E-state index contributed by atoms with van der Waals surface area (Å²) < 4.78 is 13.5. The summed E-state index contributed by atoms with van der Waals surface area (Å²) in [6, 6.07) is 8.36. The number of nitrogens with two attached hydrogens (primary N) is 1. The third-order valence-electron chi connectivity index (χ3n) is 2.39. The second kappa shape index (κ2) is 4.95. The summed E-state index contributed by atoms with van der Waals surface area (Å²) in [7, 11) is 0. The zero-order valence-electron chi connectivity index (χ0n) is 8.49. The number of hydrogen-bond acceptors (Lipinski definition) is 2. The Morgan fingerprint density at radius 1 is 1.31 bits per heavy atom.